The third-order valence-corrected chi connectivity index (χ3v) is 3.87. The van der Waals surface area contributed by atoms with Crippen LogP contribution in [0, 0.1) is 5.82 Å². The van der Waals surface area contributed by atoms with Gasteiger partial charge in [-0.15, -0.1) is 0 Å². The minimum absolute atomic E-state index is 0.0145. The number of amides is 3. The Morgan fingerprint density at radius 2 is 1.80 bits per heavy atom. The maximum atomic E-state index is 13.1. The van der Waals surface area contributed by atoms with Gasteiger partial charge in [0.15, 0.2) is 5.11 Å². The summed E-state index contributed by atoms with van der Waals surface area (Å²) in [6, 6.07) is 9.76. The zero-order valence-corrected chi connectivity index (χ0v) is 13.8. The zero-order chi connectivity index (χ0) is 18.1. The summed E-state index contributed by atoms with van der Waals surface area (Å²) in [5.41, 5.74) is 1.14. The minimum Gasteiger partial charge on any atom is -0.332 e. The molecule has 0 fully saturated rings. The molecule has 0 aromatic heterocycles. The molecule has 2 aromatic carbocycles. The molecule has 3 rings (SSSR count). The molecule has 2 N–H and O–H groups in total. The van der Waals surface area contributed by atoms with E-state index in [1.807, 2.05) is 0 Å². The average molecular weight is 357 g/mol. The van der Waals surface area contributed by atoms with Crippen molar-refractivity contribution in [3.63, 3.8) is 0 Å². The summed E-state index contributed by atoms with van der Waals surface area (Å²) in [4.78, 5) is 36.9. The van der Waals surface area contributed by atoms with Crippen molar-refractivity contribution < 1.29 is 18.8 Å². The molecule has 1 aliphatic rings. The number of hydrogen-bond donors (Lipinski definition) is 2. The molecular formula is C17H12FN3O3S. The smallest absolute Gasteiger partial charge is 0.261 e. The molecule has 0 bridgehead atoms. The average Bonchev–Trinajstić information content (AvgIpc) is 2.79. The molecule has 0 aliphatic carbocycles. The molecule has 1 heterocycles. The van der Waals surface area contributed by atoms with Crippen LogP contribution in [0.4, 0.5) is 10.1 Å². The van der Waals surface area contributed by atoms with Crippen LogP contribution in [0.1, 0.15) is 31.1 Å². The fraction of sp³-hybridized carbons (Fsp3) is 0.0588. The van der Waals surface area contributed by atoms with Crippen LogP contribution >= 0.6 is 12.2 Å². The highest BCUT2D eigenvalue weighted by Gasteiger charge is 2.32. The van der Waals surface area contributed by atoms with E-state index in [2.05, 4.69) is 10.6 Å². The number of anilines is 1. The second-order valence-electron chi connectivity index (χ2n) is 5.35. The molecule has 0 unspecified atom stereocenters. The first-order valence-corrected chi connectivity index (χ1v) is 7.62. The van der Waals surface area contributed by atoms with Gasteiger partial charge in [0.25, 0.3) is 17.7 Å². The maximum absolute atomic E-state index is 13.1. The lowest BCUT2D eigenvalue weighted by Gasteiger charge is -2.10. The summed E-state index contributed by atoms with van der Waals surface area (Å²) in [5, 5.41) is 5.17. The summed E-state index contributed by atoms with van der Waals surface area (Å²) >= 11 is 5.05. The molecule has 0 spiro atoms. The molecule has 6 nitrogen and oxygen atoms in total. The molecule has 3 amide bonds. The van der Waals surface area contributed by atoms with Gasteiger partial charge in [-0.1, -0.05) is 6.07 Å². The van der Waals surface area contributed by atoms with Gasteiger partial charge in [0, 0.05) is 18.3 Å². The lowest BCUT2D eigenvalue weighted by Crippen LogP contribution is -2.34. The molecule has 1 aliphatic heterocycles. The summed E-state index contributed by atoms with van der Waals surface area (Å²) in [5.74, 6) is -1.87. The second kappa shape index (κ2) is 6.40. The van der Waals surface area contributed by atoms with Crippen LogP contribution in [-0.4, -0.2) is 34.8 Å². The molecule has 25 heavy (non-hydrogen) atoms. The van der Waals surface area contributed by atoms with Crippen LogP contribution in [0.25, 0.3) is 0 Å². The van der Waals surface area contributed by atoms with Gasteiger partial charge in [-0.2, -0.15) is 0 Å². The van der Waals surface area contributed by atoms with E-state index in [9.17, 15) is 18.8 Å². The first-order chi connectivity index (χ1) is 11.9. The van der Waals surface area contributed by atoms with Crippen LogP contribution in [0.2, 0.25) is 0 Å². The number of carbonyl (C=O) groups excluding carboxylic acids is 3. The standard InChI is InChI=1S/C17H12FN3O3S/c1-21-15(23)12-6-5-11(8-13(12)16(21)24)19-17(25)20-14(22)9-3-2-4-10(18)7-9/h2-8H,1H3,(H2,19,20,22,25). The van der Waals surface area contributed by atoms with Gasteiger partial charge < -0.3 is 5.32 Å². The molecule has 0 saturated heterocycles. The first kappa shape index (κ1) is 16.7. The molecule has 2 aromatic rings. The van der Waals surface area contributed by atoms with E-state index in [1.165, 1.54) is 37.4 Å². The largest absolute Gasteiger partial charge is 0.332 e. The number of fused-ring (bicyclic) bond motifs is 1. The summed E-state index contributed by atoms with van der Waals surface area (Å²) in [7, 11) is 1.40. The van der Waals surface area contributed by atoms with Gasteiger partial charge in [0.2, 0.25) is 0 Å². The van der Waals surface area contributed by atoms with Gasteiger partial charge in [0.05, 0.1) is 11.1 Å². The van der Waals surface area contributed by atoms with E-state index in [4.69, 9.17) is 12.2 Å². The van der Waals surface area contributed by atoms with Crippen LogP contribution in [0.15, 0.2) is 42.5 Å². The summed E-state index contributed by atoms with van der Waals surface area (Å²) in [6.07, 6.45) is 0. The van der Waals surface area contributed by atoms with E-state index >= 15 is 0 Å². The van der Waals surface area contributed by atoms with Crippen LogP contribution in [-0.2, 0) is 0 Å². The van der Waals surface area contributed by atoms with E-state index in [-0.39, 0.29) is 22.1 Å². The van der Waals surface area contributed by atoms with Gasteiger partial charge in [-0.25, -0.2) is 4.39 Å². The van der Waals surface area contributed by atoms with Gasteiger partial charge in [0.1, 0.15) is 5.82 Å². The van der Waals surface area contributed by atoms with Crippen molar-refractivity contribution in [3.05, 3.63) is 65.0 Å². The Morgan fingerprint density at radius 1 is 1.08 bits per heavy atom. The molecule has 0 saturated carbocycles. The normalized spacial score (nSPS) is 12.8. The number of halogens is 1. The third-order valence-electron chi connectivity index (χ3n) is 3.66. The van der Waals surface area contributed by atoms with Crippen molar-refractivity contribution in [2.45, 2.75) is 0 Å². The van der Waals surface area contributed by atoms with E-state index < -0.39 is 17.6 Å². The summed E-state index contributed by atoms with van der Waals surface area (Å²) < 4.78 is 13.1. The minimum atomic E-state index is -0.566. The van der Waals surface area contributed by atoms with Crippen LogP contribution < -0.4 is 10.6 Å². The molecule has 126 valence electrons. The van der Waals surface area contributed by atoms with Gasteiger partial charge in [-0.3, -0.25) is 24.6 Å². The molecule has 0 radical (unpaired) electrons. The number of hydrogen-bond acceptors (Lipinski definition) is 4. The topological polar surface area (TPSA) is 78.5 Å². The van der Waals surface area contributed by atoms with E-state index in [1.54, 1.807) is 6.07 Å². The molecular weight excluding hydrogens is 345 g/mol. The van der Waals surface area contributed by atoms with Crippen molar-refractivity contribution in [2.24, 2.45) is 0 Å². The van der Waals surface area contributed by atoms with Crippen LogP contribution in [0.5, 0.6) is 0 Å². The highest BCUT2D eigenvalue weighted by molar-refractivity contribution is 7.80. The quantitative estimate of drug-likeness (QED) is 0.636. The lowest BCUT2D eigenvalue weighted by molar-refractivity contribution is 0.0692. The zero-order valence-electron chi connectivity index (χ0n) is 13.0. The fourth-order valence-corrected chi connectivity index (χ4v) is 2.62. The Balaban J connectivity index is 1.71. The molecule has 8 heteroatoms. The number of nitrogens with zero attached hydrogens (tertiary/aromatic N) is 1. The first-order valence-electron chi connectivity index (χ1n) is 7.21. The number of nitrogens with one attached hydrogen (secondary N) is 2. The Morgan fingerprint density at radius 3 is 2.52 bits per heavy atom. The highest BCUT2D eigenvalue weighted by Crippen LogP contribution is 2.24. The van der Waals surface area contributed by atoms with Crippen molar-refractivity contribution in [1.29, 1.82) is 0 Å². The van der Waals surface area contributed by atoms with E-state index in [0.29, 0.717) is 11.3 Å². The van der Waals surface area contributed by atoms with E-state index in [0.717, 1.165) is 11.0 Å². The van der Waals surface area contributed by atoms with Crippen molar-refractivity contribution in [2.75, 3.05) is 12.4 Å². The number of imide groups is 1. The lowest BCUT2D eigenvalue weighted by atomic mass is 10.1. The highest BCUT2D eigenvalue weighted by atomic mass is 32.1. The van der Waals surface area contributed by atoms with Gasteiger partial charge in [-0.05, 0) is 48.6 Å². The Hall–Kier alpha value is -3.13. The Bertz CT molecular complexity index is 929. The Kier molecular flexibility index (Phi) is 4.28. The van der Waals surface area contributed by atoms with Crippen molar-refractivity contribution in [3.8, 4) is 0 Å². The maximum Gasteiger partial charge on any atom is 0.261 e. The number of benzene rings is 2. The predicted octanol–water partition coefficient (Wildman–Crippen LogP) is 2.18. The third kappa shape index (κ3) is 3.24. The van der Waals surface area contributed by atoms with Crippen molar-refractivity contribution >= 4 is 40.7 Å². The number of rotatable bonds is 2. The van der Waals surface area contributed by atoms with Gasteiger partial charge >= 0.3 is 0 Å². The molecule has 0 atom stereocenters. The Labute approximate surface area is 147 Å². The number of carbonyl (C=O) groups is 3. The second-order valence-corrected chi connectivity index (χ2v) is 5.76. The van der Waals surface area contributed by atoms with Crippen molar-refractivity contribution in [1.82, 2.24) is 10.2 Å². The monoisotopic (exact) mass is 357 g/mol. The predicted molar refractivity (Wildman–Crippen MR) is 93.0 cm³/mol. The fourth-order valence-electron chi connectivity index (χ4n) is 2.41. The SMILES string of the molecule is CN1C(=O)c2ccc(NC(=S)NC(=O)c3cccc(F)c3)cc2C1=O. The van der Waals surface area contributed by atoms with Crippen LogP contribution in [0.3, 0.4) is 0 Å². The summed E-state index contributed by atoms with van der Waals surface area (Å²) in [6.45, 7) is 0. The number of thiocarbonyl (C=S) groups is 1.